The molecule has 0 aliphatic rings. The van der Waals surface area contributed by atoms with Gasteiger partial charge in [-0.25, -0.2) is 0 Å². The molecule has 0 fully saturated rings. The van der Waals surface area contributed by atoms with Gasteiger partial charge in [-0.05, 0) is 50.0 Å². The van der Waals surface area contributed by atoms with E-state index in [2.05, 4.69) is 47.5 Å². The Balaban J connectivity index is 1.39. The molecule has 0 radical (unpaired) electrons. The number of aromatic nitrogens is 5. The van der Waals surface area contributed by atoms with Crippen LogP contribution < -0.4 is 10.6 Å². The van der Waals surface area contributed by atoms with Gasteiger partial charge >= 0.3 is 6.36 Å². The van der Waals surface area contributed by atoms with Crippen LogP contribution in [0.1, 0.15) is 42.6 Å². The van der Waals surface area contributed by atoms with Crippen molar-refractivity contribution in [1.82, 2.24) is 25.6 Å². The number of carbonyl (C=O) groups excluding carboxylic acids is 2. The normalized spacial score (nSPS) is 12.2. The predicted octanol–water partition coefficient (Wildman–Crippen LogP) is 4.94. The summed E-state index contributed by atoms with van der Waals surface area (Å²) in [5.41, 5.74) is 1.53. The fourth-order valence-corrected chi connectivity index (χ4v) is 4.16. The number of carbonyl (C=O) groups is 2. The molecule has 2 amide bonds. The van der Waals surface area contributed by atoms with Crippen molar-refractivity contribution < 1.29 is 32.0 Å². The van der Waals surface area contributed by atoms with Gasteiger partial charge in [-0.2, -0.15) is 5.10 Å². The first-order valence-corrected chi connectivity index (χ1v) is 12.8. The zero-order chi connectivity index (χ0) is 29.0. The molecule has 3 rings (SSSR count). The second-order valence-electron chi connectivity index (χ2n) is 8.34. The molecule has 11 nitrogen and oxygen atoms in total. The molecule has 40 heavy (non-hydrogen) atoms. The summed E-state index contributed by atoms with van der Waals surface area (Å²) in [4.78, 5) is 24.3. The van der Waals surface area contributed by atoms with Crippen LogP contribution in [-0.2, 0) is 33.6 Å². The van der Waals surface area contributed by atoms with Crippen molar-refractivity contribution in [3.05, 3.63) is 77.0 Å². The number of hydrogen-bond acceptors (Lipinski definition) is 10. The first kappa shape index (κ1) is 30.1. The largest absolute Gasteiger partial charge is 0.572 e. The molecular weight excluding hydrogens is 551 g/mol. The number of allylic oxidation sites excluding steroid dienone is 4. The maximum atomic E-state index is 12.4. The van der Waals surface area contributed by atoms with E-state index < -0.39 is 18.0 Å². The van der Waals surface area contributed by atoms with Crippen molar-refractivity contribution in [2.75, 3.05) is 10.6 Å². The molecule has 0 saturated heterocycles. The van der Waals surface area contributed by atoms with Gasteiger partial charge in [0.2, 0.25) is 16.9 Å². The summed E-state index contributed by atoms with van der Waals surface area (Å²) in [6, 6.07) is 4.95. The smallest absolute Gasteiger partial charge is 0.411 e. The van der Waals surface area contributed by atoms with Gasteiger partial charge in [-0.3, -0.25) is 9.59 Å². The maximum Gasteiger partial charge on any atom is 0.572 e. The number of nitrogens with zero attached hydrogens (tertiary/aromatic N) is 5. The van der Waals surface area contributed by atoms with Crippen molar-refractivity contribution in [3.8, 4) is 0 Å². The van der Waals surface area contributed by atoms with Crippen molar-refractivity contribution in [1.29, 1.82) is 0 Å². The van der Waals surface area contributed by atoms with E-state index in [4.69, 9.17) is 4.52 Å². The number of anilines is 2. The number of halogens is 3. The van der Waals surface area contributed by atoms with Crippen molar-refractivity contribution in [2.24, 2.45) is 0 Å². The Bertz CT molecular complexity index is 1340. The molecule has 0 saturated carbocycles. The predicted molar refractivity (Wildman–Crippen MR) is 140 cm³/mol. The minimum Gasteiger partial charge on any atom is -0.411 e. The Morgan fingerprint density at radius 2 is 1.85 bits per heavy atom. The summed E-state index contributed by atoms with van der Waals surface area (Å²) in [5, 5.41) is 26.3. The summed E-state index contributed by atoms with van der Waals surface area (Å²) < 4.78 is 45.6. The third kappa shape index (κ3) is 11.1. The van der Waals surface area contributed by atoms with Gasteiger partial charge in [-0.15, -0.1) is 28.5 Å². The fourth-order valence-electron chi connectivity index (χ4n) is 3.36. The zero-order valence-electron chi connectivity index (χ0n) is 21.4. The molecule has 3 heterocycles. The third-order valence-corrected chi connectivity index (χ3v) is 5.87. The van der Waals surface area contributed by atoms with Gasteiger partial charge in [0.25, 0.3) is 0 Å². The van der Waals surface area contributed by atoms with Crippen LogP contribution in [0.25, 0.3) is 0 Å². The van der Waals surface area contributed by atoms with E-state index in [9.17, 15) is 22.8 Å². The standard InChI is InChI=1S/C25H26F3N7O4S/c1-3-6-17(13-16(2)39-25(26,27)28)14-21(36)29-20-10-9-18(31-32-20)7-4-5-8-23-33-34-24(40-23)30-22(37)15-19-11-12-38-35-19/h3,6,9-13H,1,4-5,7-8,14-15H2,2H3,(H,29,32,36)(H,30,34,37)/b16-13+,17-6+. The van der Waals surface area contributed by atoms with E-state index in [1.165, 1.54) is 29.8 Å². The molecule has 0 aliphatic carbocycles. The van der Waals surface area contributed by atoms with Crippen LogP contribution in [0.2, 0.25) is 0 Å². The highest BCUT2D eigenvalue weighted by Crippen LogP contribution is 2.22. The minimum absolute atomic E-state index is 0.0835. The first-order chi connectivity index (χ1) is 19.1. The van der Waals surface area contributed by atoms with Gasteiger partial charge in [0.05, 0.1) is 24.2 Å². The number of unbranched alkanes of at least 4 members (excludes halogenated alkanes) is 1. The van der Waals surface area contributed by atoms with Gasteiger partial charge in [0, 0.05) is 12.5 Å². The number of aryl methyl sites for hydroxylation is 2. The van der Waals surface area contributed by atoms with Gasteiger partial charge in [-0.1, -0.05) is 35.2 Å². The van der Waals surface area contributed by atoms with Crippen LogP contribution in [-0.4, -0.2) is 43.7 Å². The lowest BCUT2D eigenvalue weighted by atomic mass is 10.1. The number of ether oxygens (including phenoxy) is 1. The molecule has 0 atom stereocenters. The van der Waals surface area contributed by atoms with E-state index in [0.717, 1.165) is 36.5 Å². The average molecular weight is 578 g/mol. The molecule has 0 aliphatic heterocycles. The average Bonchev–Trinajstić information content (AvgIpc) is 3.54. The second-order valence-corrected chi connectivity index (χ2v) is 9.40. The van der Waals surface area contributed by atoms with Crippen molar-refractivity contribution in [2.45, 2.75) is 51.8 Å². The topological polar surface area (TPSA) is 145 Å². The van der Waals surface area contributed by atoms with E-state index in [1.54, 1.807) is 18.2 Å². The van der Waals surface area contributed by atoms with Crippen LogP contribution in [0.5, 0.6) is 0 Å². The van der Waals surface area contributed by atoms with Crippen molar-refractivity contribution in [3.63, 3.8) is 0 Å². The molecule has 0 unspecified atom stereocenters. The SMILES string of the molecule is C=C/C=C(\C=C(/C)OC(F)(F)F)CC(=O)Nc1ccc(CCCCc2nnc(NC(=O)Cc3ccon3)s2)nn1. The highest BCUT2D eigenvalue weighted by atomic mass is 32.1. The maximum absolute atomic E-state index is 12.4. The Hall–Kier alpha value is -4.40. The van der Waals surface area contributed by atoms with Crippen molar-refractivity contribution >= 4 is 34.1 Å². The molecule has 0 bridgehead atoms. The summed E-state index contributed by atoms with van der Waals surface area (Å²) in [6.07, 6.45) is 3.28. The van der Waals surface area contributed by atoms with Gasteiger partial charge < -0.3 is 19.9 Å². The minimum atomic E-state index is -4.82. The molecule has 3 aromatic heterocycles. The number of rotatable bonds is 14. The molecular formula is C25H26F3N7O4S. The number of hydrogen-bond donors (Lipinski definition) is 2. The van der Waals surface area contributed by atoms with Crippen LogP contribution in [0.4, 0.5) is 24.1 Å². The molecule has 0 aromatic carbocycles. The summed E-state index contributed by atoms with van der Waals surface area (Å²) in [6.45, 7) is 4.64. The van der Waals surface area contributed by atoms with Gasteiger partial charge in [0.15, 0.2) is 5.82 Å². The highest BCUT2D eigenvalue weighted by Gasteiger charge is 2.31. The fraction of sp³-hybridized carbons (Fsp3) is 0.320. The molecule has 212 valence electrons. The lowest BCUT2D eigenvalue weighted by molar-refractivity contribution is -0.305. The summed E-state index contributed by atoms with van der Waals surface area (Å²) in [7, 11) is 0. The number of amides is 2. The first-order valence-electron chi connectivity index (χ1n) is 12.0. The zero-order valence-corrected chi connectivity index (χ0v) is 22.2. The Kier molecular flexibility index (Phi) is 11.1. The van der Waals surface area contributed by atoms with Crippen LogP contribution in [0.15, 0.2) is 65.1 Å². The Morgan fingerprint density at radius 3 is 2.52 bits per heavy atom. The van der Waals surface area contributed by atoms with Crippen LogP contribution in [0, 0.1) is 0 Å². The monoisotopic (exact) mass is 577 g/mol. The Morgan fingerprint density at radius 1 is 1.05 bits per heavy atom. The number of alkyl halides is 3. The summed E-state index contributed by atoms with van der Waals surface area (Å²) >= 11 is 1.30. The highest BCUT2D eigenvalue weighted by molar-refractivity contribution is 7.15. The number of nitrogens with one attached hydrogen (secondary N) is 2. The quantitative estimate of drug-likeness (QED) is 0.155. The van der Waals surface area contributed by atoms with Crippen LogP contribution >= 0.6 is 11.3 Å². The van der Waals surface area contributed by atoms with E-state index >= 15 is 0 Å². The lowest BCUT2D eigenvalue weighted by Gasteiger charge is -2.10. The molecule has 0 spiro atoms. The van der Waals surface area contributed by atoms with Gasteiger partial charge in [0.1, 0.15) is 17.0 Å². The van der Waals surface area contributed by atoms with E-state index in [-0.39, 0.29) is 30.1 Å². The Labute approximate surface area is 231 Å². The summed E-state index contributed by atoms with van der Waals surface area (Å²) in [5.74, 6) is -0.941. The molecule has 2 N–H and O–H groups in total. The molecule has 3 aromatic rings. The van der Waals surface area contributed by atoms with Crippen LogP contribution in [0.3, 0.4) is 0 Å². The molecule has 15 heteroatoms. The van der Waals surface area contributed by atoms with E-state index in [0.29, 0.717) is 23.7 Å². The lowest BCUT2D eigenvalue weighted by Crippen LogP contribution is -2.14. The second kappa shape index (κ2) is 14.7. The van der Waals surface area contributed by atoms with E-state index in [1.807, 2.05) is 0 Å². The third-order valence-electron chi connectivity index (χ3n) is 4.97.